The van der Waals surface area contributed by atoms with Gasteiger partial charge >= 0.3 is 23.9 Å². The van der Waals surface area contributed by atoms with Gasteiger partial charge in [-0.25, -0.2) is 0 Å². The Morgan fingerprint density at radius 2 is 1.00 bits per heavy atom. The number of hydrogen-bond donors (Lipinski definition) is 0. The monoisotopic (exact) mass is 309 g/mol. The van der Waals surface area contributed by atoms with Crippen molar-refractivity contribution in [3.05, 3.63) is 0 Å². The Morgan fingerprint density at radius 3 is 1.00 bits per heavy atom. The molecule has 0 saturated heterocycles. The average Bonchev–Trinajstić information content (AvgIpc) is 0. The first-order valence-corrected chi connectivity index (χ1v) is 0. The molecule has 0 aliphatic heterocycles. The Bertz CT molecular complexity index is 8.00. The zero-order chi connectivity index (χ0) is 0. The van der Waals surface area contributed by atoms with E-state index in [0.29, 0.717) is 0 Å². The molecule has 1 radical (unpaired) electrons. The van der Waals surface area contributed by atoms with Gasteiger partial charge in [0.1, 0.15) is 0 Å². The summed E-state index contributed by atoms with van der Waals surface area (Å²) in [6.07, 6.45) is 0. The fraction of sp³-hybridized carbons (Fsp3) is 0. The second kappa shape index (κ2) is 18.0. The molecule has 0 rings (SSSR count). The van der Waals surface area contributed by atoms with Crippen LogP contribution in [-0.4, -0.2) is 23.9 Å². The molecular weight excluding hydrogens is 306 g/mol. The third-order valence-electron chi connectivity index (χ3n) is 0. The van der Waals surface area contributed by atoms with Gasteiger partial charge in [-0.3, -0.25) is 0 Å². The molecule has 0 heterocycles. The summed E-state index contributed by atoms with van der Waals surface area (Å²) in [6, 6.07) is 0. The van der Waals surface area contributed by atoms with Crippen molar-refractivity contribution in [1.29, 1.82) is 0 Å². The molecule has 0 N–H and O–H groups in total. The van der Waals surface area contributed by atoms with Gasteiger partial charge in [-0.2, -0.15) is 0 Å². The Kier molecular flexibility index (Phi) is 144. The Morgan fingerprint density at radius 1 is 1.00 bits per heavy atom. The van der Waals surface area contributed by atoms with Gasteiger partial charge in [0.15, 0.2) is 0 Å². The van der Waals surface area contributed by atoms with Crippen LogP contribution in [0.25, 0.3) is 0 Å². The van der Waals surface area contributed by atoms with Gasteiger partial charge in [-0.1, -0.05) is 0 Å². The normalized spacial score (nSPS) is 0. The van der Waals surface area contributed by atoms with Crippen LogP contribution in [0.4, 0.5) is 0 Å². The first kappa shape index (κ1) is 32.1. The van der Waals surface area contributed by atoms with E-state index in [-0.39, 0.29) is 76.9 Å². The molecule has 0 unspecified atom stereocenters. The Balaban J connectivity index is 0. The van der Waals surface area contributed by atoms with E-state index in [1.807, 2.05) is 0 Å². The van der Waals surface area contributed by atoms with Crippen molar-refractivity contribution in [3.63, 3.8) is 0 Å². The summed E-state index contributed by atoms with van der Waals surface area (Å²) in [7, 11) is 0. The van der Waals surface area contributed by atoms with Crippen molar-refractivity contribution < 1.29 is 53.0 Å². The van der Waals surface area contributed by atoms with Gasteiger partial charge in [0.05, 0.1) is 0 Å². The van der Waals surface area contributed by atoms with Crippen LogP contribution in [0.2, 0.25) is 0 Å². The maximum atomic E-state index is 0. The fourth-order valence-corrected chi connectivity index (χ4v) is 0. The minimum Gasteiger partial charge on any atom is 0 e. The molecule has 4 heteroatoms. The number of rotatable bonds is 0. The Hall–Kier alpha value is 2.44. The van der Waals surface area contributed by atoms with E-state index in [1.165, 1.54) is 0 Å². The Labute approximate surface area is 76.0 Å². The van der Waals surface area contributed by atoms with Crippen LogP contribution in [0.5, 0.6) is 0 Å². The summed E-state index contributed by atoms with van der Waals surface area (Å²) in [4.78, 5) is 0. The van der Waals surface area contributed by atoms with E-state index in [2.05, 4.69) is 0 Å². The van der Waals surface area contributed by atoms with Crippen LogP contribution < -0.4 is 0 Å². The molecule has 0 bridgehead atoms. The van der Waals surface area contributed by atoms with Crippen LogP contribution in [-0.2, 0) is 53.0 Å². The average molecular weight is 310 g/mol. The second-order valence-electron chi connectivity index (χ2n) is 0. The minimum absolute atomic E-state index is 0. The molecule has 0 fully saturated rings. The molecule has 0 aromatic carbocycles. The maximum Gasteiger partial charge on any atom is 0 e. The van der Waals surface area contributed by atoms with Crippen LogP contribution in [0.3, 0.4) is 0 Å². The van der Waals surface area contributed by atoms with Crippen molar-refractivity contribution in [2.24, 2.45) is 0 Å². The van der Waals surface area contributed by atoms with E-state index < -0.39 is 0 Å². The van der Waals surface area contributed by atoms with Crippen molar-refractivity contribution >= 4 is 23.9 Å². The van der Waals surface area contributed by atoms with Crippen molar-refractivity contribution in [1.82, 2.24) is 0 Å². The first-order valence-electron chi connectivity index (χ1n) is 0. The molecule has 0 aromatic rings. The molecule has 0 saturated carbocycles. The van der Waals surface area contributed by atoms with Crippen LogP contribution in [0.1, 0.15) is 0 Å². The largest absolute Gasteiger partial charge is 0 e. The van der Waals surface area contributed by atoms with E-state index in [4.69, 9.17) is 0 Å². The summed E-state index contributed by atoms with van der Waals surface area (Å²) >= 11 is 0. The van der Waals surface area contributed by atoms with Crippen LogP contribution in [0, 0.1) is 0 Å². The predicted octanol–water partition coefficient (Wildman–Crippen LogP) is -1.46. The smallest absolute Gasteiger partial charge is 0 e. The fourth-order valence-electron chi connectivity index (χ4n) is 0. The van der Waals surface area contributed by atoms with Gasteiger partial charge in [-0.15, -0.1) is 0 Å². The summed E-state index contributed by atoms with van der Waals surface area (Å²) in [5, 5.41) is 0. The van der Waals surface area contributed by atoms with Gasteiger partial charge in [0.25, 0.3) is 0 Å². The summed E-state index contributed by atoms with van der Waals surface area (Å²) < 4.78 is 0. The summed E-state index contributed by atoms with van der Waals surface area (Å²) in [5.74, 6) is 0. The van der Waals surface area contributed by atoms with E-state index >= 15 is 0 Å². The standard InChI is InChI=1S/Cu.Ni.Sn.Zn.4H. The predicted molar refractivity (Wildman–Crippen MR) is 11.3 cm³/mol. The quantitative estimate of drug-likeness (QED) is 0.480. The molecule has 0 aliphatic rings. The molecule has 31 valence electrons. The van der Waals surface area contributed by atoms with Gasteiger partial charge < -0.3 is 0 Å². The van der Waals surface area contributed by atoms with Crippen molar-refractivity contribution in [2.45, 2.75) is 0 Å². The van der Waals surface area contributed by atoms with E-state index in [9.17, 15) is 0 Å². The van der Waals surface area contributed by atoms with Crippen LogP contribution >= 0.6 is 0 Å². The topological polar surface area (TPSA) is 0 Å². The molecule has 0 atom stereocenters. The van der Waals surface area contributed by atoms with Gasteiger partial charge in [0, 0.05) is 53.0 Å². The molecule has 0 amide bonds. The summed E-state index contributed by atoms with van der Waals surface area (Å²) in [6.45, 7) is 0. The van der Waals surface area contributed by atoms with Crippen LogP contribution in [0.15, 0.2) is 0 Å². The van der Waals surface area contributed by atoms with Crippen molar-refractivity contribution in [2.75, 3.05) is 0 Å². The molecule has 0 aliphatic carbocycles. The maximum absolute atomic E-state index is 0. The zero-order valence-corrected chi connectivity index (χ0v) is 6.22. The number of hydrogen-bond acceptors (Lipinski definition) is 0. The van der Waals surface area contributed by atoms with Gasteiger partial charge in [0.2, 0.25) is 0 Å². The van der Waals surface area contributed by atoms with E-state index in [1.54, 1.807) is 0 Å². The first-order chi connectivity index (χ1) is 0. The van der Waals surface area contributed by atoms with E-state index in [0.717, 1.165) is 0 Å². The molecule has 4 heavy (non-hydrogen) atoms. The SMILES string of the molecule is [Cu].[Ni].[SnH4].[Zn]. The molecule has 0 aromatic heterocycles. The summed E-state index contributed by atoms with van der Waals surface area (Å²) in [5.41, 5.74) is 0. The molecular formula is H4CuNiSnZn. The minimum atomic E-state index is 0. The van der Waals surface area contributed by atoms with Gasteiger partial charge in [-0.05, 0) is 0 Å². The molecule has 0 spiro atoms. The second-order valence-corrected chi connectivity index (χ2v) is 0. The third kappa shape index (κ3) is 8.83. The molecule has 0 nitrogen and oxygen atoms in total. The zero-order valence-electron chi connectivity index (χ0n) is 1.32. The third-order valence-corrected chi connectivity index (χ3v) is 0. The van der Waals surface area contributed by atoms with Crippen molar-refractivity contribution in [3.8, 4) is 0 Å².